The Morgan fingerprint density at radius 2 is 1.55 bits per heavy atom. The molecular formula is C22H13Cl3N2O4. The van der Waals surface area contributed by atoms with Crippen molar-refractivity contribution in [2.75, 3.05) is 17.3 Å². The van der Waals surface area contributed by atoms with Crippen molar-refractivity contribution in [1.82, 2.24) is 0 Å². The summed E-state index contributed by atoms with van der Waals surface area (Å²) >= 11 is 18.4. The molecular weight excluding hydrogens is 463 g/mol. The Bertz CT molecular complexity index is 1220. The van der Waals surface area contributed by atoms with Gasteiger partial charge in [-0.3, -0.25) is 14.4 Å². The molecule has 0 atom stereocenters. The minimum absolute atomic E-state index is 0.125. The first-order valence-corrected chi connectivity index (χ1v) is 10.1. The fourth-order valence-corrected chi connectivity index (χ4v) is 4.09. The van der Waals surface area contributed by atoms with Crippen LogP contribution < -0.4 is 15.0 Å². The number of fused-ring (bicyclic) bond motifs is 1. The Hall–Kier alpha value is -3.06. The van der Waals surface area contributed by atoms with Crippen molar-refractivity contribution in [3.8, 4) is 5.75 Å². The average molecular weight is 476 g/mol. The molecule has 0 unspecified atom stereocenters. The molecule has 1 aliphatic rings. The Kier molecular flexibility index (Phi) is 5.62. The van der Waals surface area contributed by atoms with E-state index in [1.165, 1.54) is 37.4 Å². The summed E-state index contributed by atoms with van der Waals surface area (Å²) in [6, 6.07) is 13.9. The molecule has 0 bridgehead atoms. The minimum Gasteiger partial charge on any atom is -0.494 e. The maximum Gasteiger partial charge on any atom is 0.266 e. The number of nitrogens with one attached hydrogen (secondary N) is 1. The predicted octanol–water partition coefficient (Wildman–Crippen LogP) is 5.71. The van der Waals surface area contributed by atoms with E-state index in [9.17, 15) is 14.4 Å². The molecule has 31 heavy (non-hydrogen) atoms. The van der Waals surface area contributed by atoms with Crippen molar-refractivity contribution in [2.24, 2.45) is 0 Å². The van der Waals surface area contributed by atoms with Gasteiger partial charge in [-0.1, -0.05) is 46.9 Å². The predicted molar refractivity (Wildman–Crippen MR) is 120 cm³/mol. The number of carbonyl (C=O) groups is 3. The van der Waals surface area contributed by atoms with Crippen molar-refractivity contribution in [3.63, 3.8) is 0 Å². The number of imide groups is 1. The number of ether oxygens (including phenoxy) is 1. The molecule has 9 heteroatoms. The molecule has 3 amide bonds. The zero-order valence-electron chi connectivity index (χ0n) is 15.9. The van der Waals surface area contributed by atoms with Gasteiger partial charge in [0.25, 0.3) is 17.7 Å². The van der Waals surface area contributed by atoms with Gasteiger partial charge in [-0.2, -0.15) is 0 Å². The molecule has 0 saturated heterocycles. The van der Waals surface area contributed by atoms with Gasteiger partial charge in [0.1, 0.15) is 5.75 Å². The quantitative estimate of drug-likeness (QED) is 0.491. The number of benzene rings is 3. The lowest BCUT2D eigenvalue weighted by molar-refractivity contribution is 0.0924. The van der Waals surface area contributed by atoms with Crippen LogP contribution in [0.2, 0.25) is 15.1 Å². The van der Waals surface area contributed by atoms with Gasteiger partial charge < -0.3 is 10.1 Å². The molecule has 3 aromatic carbocycles. The lowest BCUT2D eigenvalue weighted by Gasteiger charge is -2.16. The smallest absolute Gasteiger partial charge is 0.266 e. The van der Waals surface area contributed by atoms with E-state index in [2.05, 4.69) is 5.32 Å². The first kappa shape index (κ1) is 21.2. The van der Waals surface area contributed by atoms with E-state index >= 15 is 0 Å². The summed E-state index contributed by atoms with van der Waals surface area (Å²) in [5.74, 6) is -1.25. The van der Waals surface area contributed by atoms with Gasteiger partial charge in [0.15, 0.2) is 0 Å². The highest BCUT2D eigenvalue weighted by atomic mass is 35.5. The van der Waals surface area contributed by atoms with Crippen LogP contribution in [0.1, 0.15) is 31.1 Å². The van der Waals surface area contributed by atoms with Crippen LogP contribution in [0.25, 0.3) is 0 Å². The normalized spacial score (nSPS) is 12.7. The lowest BCUT2D eigenvalue weighted by Crippen LogP contribution is -2.29. The van der Waals surface area contributed by atoms with Gasteiger partial charge in [-0.05, 0) is 42.5 Å². The Morgan fingerprint density at radius 3 is 2.13 bits per heavy atom. The van der Waals surface area contributed by atoms with E-state index in [1.807, 2.05) is 0 Å². The lowest BCUT2D eigenvalue weighted by atomic mass is 10.1. The van der Waals surface area contributed by atoms with Crippen molar-refractivity contribution >= 4 is 63.9 Å². The summed E-state index contributed by atoms with van der Waals surface area (Å²) in [6.07, 6.45) is 0. The summed E-state index contributed by atoms with van der Waals surface area (Å²) in [5, 5.41) is 3.24. The number of carbonyl (C=O) groups excluding carboxylic acids is 3. The molecule has 0 aromatic heterocycles. The van der Waals surface area contributed by atoms with Crippen molar-refractivity contribution in [2.45, 2.75) is 0 Å². The van der Waals surface area contributed by atoms with Crippen LogP contribution >= 0.6 is 34.8 Å². The summed E-state index contributed by atoms with van der Waals surface area (Å²) in [4.78, 5) is 39.1. The summed E-state index contributed by atoms with van der Waals surface area (Å²) < 4.78 is 5.20. The summed E-state index contributed by atoms with van der Waals surface area (Å²) in [5.41, 5.74) is 1.33. The molecule has 156 valence electrons. The zero-order chi connectivity index (χ0) is 22.3. The van der Waals surface area contributed by atoms with E-state index in [0.717, 1.165) is 4.90 Å². The topological polar surface area (TPSA) is 75.7 Å². The van der Waals surface area contributed by atoms with E-state index < -0.39 is 17.7 Å². The Labute approximate surface area is 192 Å². The third-order valence-corrected chi connectivity index (χ3v) is 5.52. The number of amides is 3. The maximum atomic E-state index is 12.8. The Morgan fingerprint density at radius 1 is 0.903 bits per heavy atom. The third kappa shape index (κ3) is 3.74. The van der Waals surface area contributed by atoms with Crippen LogP contribution in [-0.4, -0.2) is 24.8 Å². The molecule has 1 heterocycles. The minimum atomic E-state index is -0.545. The number of methoxy groups -OCH3 is 1. The second kappa shape index (κ2) is 8.23. The highest BCUT2D eigenvalue weighted by molar-refractivity contribution is 6.38. The highest BCUT2D eigenvalue weighted by Gasteiger charge is 2.36. The number of halogens is 3. The van der Waals surface area contributed by atoms with Gasteiger partial charge in [0.2, 0.25) is 0 Å². The summed E-state index contributed by atoms with van der Waals surface area (Å²) in [6.45, 7) is 0. The van der Waals surface area contributed by atoms with Crippen molar-refractivity contribution in [1.29, 1.82) is 0 Å². The fourth-order valence-electron chi connectivity index (χ4n) is 3.29. The van der Waals surface area contributed by atoms with Crippen LogP contribution in [0.3, 0.4) is 0 Å². The van der Waals surface area contributed by atoms with Crippen LogP contribution in [0.5, 0.6) is 5.75 Å². The monoisotopic (exact) mass is 474 g/mol. The van der Waals surface area contributed by atoms with E-state index in [1.54, 1.807) is 24.3 Å². The molecule has 0 aliphatic carbocycles. The average Bonchev–Trinajstić information content (AvgIpc) is 2.99. The van der Waals surface area contributed by atoms with E-state index in [-0.39, 0.29) is 37.8 Å². The second-order valence-corrected chi connectivity index (χ2v) is 7.83. The largest absolute Gasteiger partial charge is 0.494 e. The SMILES string of the molecule is COc1c(Cl)cc(Cl)cc1C(=O)Nc1ccc(N2C(=O)c3ccccc3C2=O)cc1Cl. The number of nitrogens with zero attached hydrogens (tertiary/aromatic N) is 1. The van der Waals surface area contributed by atoms with E-state index in [0.29, 0.717) is 11.1 Å². The van der Waals surface area contributed by atoms with Gasteiger partial charge in [-0.15, -0.1) is 0 Å². The molecule has 0 saturated carbocycles. The number of rotatable bonds is 4. The van der Waals surface area contributed by atoms with Crippen LogP contribution in [0, 0.1) is 0 Å². The first-order chi connectivity index (χ1) is 14.8. The van der Waals surface area contributed by atoms with E-state index in [4.69, 9.17) is 39.5 Å². The zero-order valence-corrected chi connectivity index (χ0v) is 18.2. The van der Waals surface area contributed by atoms with Gasteiger partial charge >= 0.3 is 0 Å². The molecule has 0 fully saturated rings. The summed E-state index contributed by atoms with van der Waals surface area (Å²) in [7, 11) is 1.38. The number of hydrogen-bond donors (Lipinski definition) is 1. The number of anilines is 2. The first-order valence-electron chi connectivity index (χ1n) is 8.93. The van der Waals surface area contributed by atoms with Gasteiger partial charge in [0, 0.05) is 5.02 Å². The maximum absolute atomic E-state index is 12.8. The fraction of sp³-hybridized carbons (Fsp3) is 0.0455. The van der Waals surface area contributed by atoms with Crippen molar-refractivity contribution < 1.29 is 19.1 Å². The molecule has 0 radical (unpaired) electrons. The third-order valence-electron chi connectivity index (χ3n) is 4.71. The second-order valence-electron chi connectivity index (χ2n) is 6.58. The van der Waals surface area contributed by atoms with Crippen LogP contribution in [0.15, 0.2) is 54.6 Å². The molecule has 0 spiro atoms. The standard InChI is InChI=1S/C22H13Cl3N2O4/c1-31-19-15(8-11(23)9-17(19)25)20(28)26-18-7-6-12(10-16(18)24)27-21(29)13-4-2-3-5-14(13)22(27)30/h2-10H,1H3,(H,26,28). The molecule has 1 N–H and O–H groups in total. The molecule has 1 aliphatic heterocycles. The molecule has 3 aromatic rings. The molecule has 4 rings (SSSR count). The number of hydrogen-bond acceptors (Lipinski definition) is 4. The highest BCUT2D eigenvalue weighted by Crippen LogP contribution is 2.35. The van der Waals surface area contributed by atoms with Crippen LogP contribution in [-0.2, 0) is 0 Å². The molecule has 6 nitrogen and oxygen atoms in total. The van der Waals surface area contributed by atoms with Crippen LogP contribution in [0.4, 0.5) is 11.4 Å². The van der Waals surface area contributed by atoms with Gasteiger partial charge in [0.05, 0.1) is 45.2 Å². The Balaban J connectivity index is 1.62. The van der Waals surface area contributed by atoms with Gasteiger partial charge in [-0.25, -0.2) is 4.90 Å². The van der Waals surface area contributed by atoms with Crippen molar-refractivity contribution in [3.05, 3.63) is 86.4 Å².